The summed E-state index contributed by atoms with van der Waals surface area (Å²) in [6, 6.07) is 9.99. The van der Waals surface area contributed by atoms with Gasteiger partial charge in [-0.2, -0.15) is 13.2 Å². The van der Waals surface area contributed by atoms with E-state index < -0.39 is 22.7 Å². The van der Waals surface area contributed by atoms with Crippen molar-refractivity contribution < 1.29 is 27.4 Å². The van der Waals surface area contributed by atoms with Gasteiger partial charge in [0.2, 0.25) is 0 Å². The van der Waals surface area contributed by atoms with E-state index in [0.717, 1.165) is 31.4 Å². The Bertz CT molecular complexity index is 797. The molecular weight excluding hydrogens is 395 g/mol. The predicted octanol–water partition coefficient (Wildman–Crippen LogP) is 5.95. The fourth-order valence-electron chi connectivity index (χ4n) is 2.36. The first-order chi connectivity index (χ1) is 13.3. The number of benzene rings is 2. The van der Waals surface area contributed by atoms with Gasteiger partial charge in [-0.1, -0.05) is 37.4 Å². The van der Waals surface area contributed by atoms with Gasteiger partial charge in [0.05, 0.1) is 17.2 Å². The second-order valence-corrected chi connectivity index (χ2v) is 6.47. The second-order valence-electron chi connectivity index (χ2n) is 6.06. The Labute approximate surface area is 166 Å². The molecule has 4 nitrogen and oxygen atoms in total. The predicted molar refractivity (Wildman–Crippen MR) is 102 cm³/mol. The molecule has 1 N–H and O–H groups in total. The van der Waals surface area contributed by atoms with Crippen LogP contribution in [-0.4, -0.2) is 19.1 Å². The van der Waals surface area contributed by atoms with Gasteiger partial charge in [0, 0.05) is 11.8 Å². The number of halogens is 4. The van der Waals surface area contributed by atoms with Gasteiger partial charge in [0.25, 0.3) is 5.91 Å². The summed E-state index contributed by atoms with van der Waals surface area (Å²) < 4.78 is 49.6. The van der Waals surface area contributed by atoms with Gasteiger partial charge in [0.15, 0.2) is 6.61 Å². The molecule has 1 amide bonds. The summed E-state index contributed by atoms with van der Waals surface area (Å²) >= 11 is 5.56. The third-order valence-electron chi connectivity index (χ3n) is 3.75. The Balaban J connectivity index is 1.89. The summed E-state index contributed by atoms with van der Waals surface area (Å²) in [6.07, 6.45) is -1.48. The van der Waals surface area contributed by atoms with Crippen LogP contribution in [0.3, 0.4) is 0 Å². The molecule has 2 aromatic rings. The lowest BCUT2D eigenvalue weighted by molar-refractivity contribution is -0.137. The number of carbonyl (C=O) groups is 1. The molecule has 0 aliphatic rings. The van der Waals surface area contributed by atoms with E-state index in [1.54, 1.807) is 24.3 Å². The number of nitrogens with one attached hydrogen (secondary N) is 1. The highest BCUT2D eigenvalue weighted by atomic mass is 35.5. The number of carbonyl (C=O) groups excluding carboxylic acids is 1. The van der Waals surface area contributed by atoms with Gasteiger partial charge in [-0.25, -0.2) is 0 Å². The van der Waals surface area contributed by atoms with Crippen molar-refractivity contribution in [3.63, 3.8) is 0 Å². The minimum atomic E-state index is -4.61. The average Bonchev–Trinajstić information content (AvgIpc) is 2.65. The molecular formula is C20H21ClF3NO3. The van der Waals surface area contributed by atoms with Crippen LogP contribution in [0.25, 0.3) is 0 Å². The topological polar surface area (TPSA) is 47.6 Å². The van der Waals surface area contributed by atoms with Crippen molar-refractivity contribution in [3.8, 4) is 11.5 Å². The van der Waals surface area contributed by atoms with Crippen molar-refractivity contribution in [2.45, 2.75) is 32.4 Å². The molecule has 0 saturated heterocycles. The fourth-order valence-corrected chi connectivity index (χ4v) is 2.59. The van der Waals surface area contributed by atoms with E-state index in [1.165, 1.54) is 6.07 Å². The number of amides is 1. The summed E-state index contributed by atoms with van der Waals surface area (Å²) in [5, 5.41) is 1.93. The second kappa shape index (κ2) is 10.2. The molecule has 0 aliphatic carbocycles. The van der Waals surface area contributed by atoms with Gasteiger partial charge < -0.3 is 14.8 Å². The van der Waals surface area contributed by atoms with Crippen LogP contribution >= 0.6 is 11.6 Å². The van der Waals surface area contributed by atoms with E-state index in [2.05, 4.69) is 12.2 Å². The molecule has 0 heterocycles. The van der Waals surface area contributed by atoms with Crippen LogP contribution < -0.4 is 14.8 Å². The van der Waals surface area contributed by atoms with Gasteiger partial charge >= 0.3 is 6.18 Å². The lowest BCUT2D eigenvalue weighted by Gasteiger charge is -2.12. The van der Waals surface area contributed by atoms with E-state index in [-0.39, 0.29) is 12.3 Å². The van der Waals surface area contributed by atoms with Crippen molar-refractivity contribution in [2.24, 2.45) is 0 Å². The molecule has 8 heteroatoms. The molecule has 0 fully saturated rings. The Hall–Kier alpha value is -2.41. The molecule has 0 aliphatic heterocycles. The molecule has 2 rings (SSSR count). The zero-order valence-corrected chi connectivity index (χ0v) is 16.1. The Kier molecular flexibility index (Phi) is 7.99. The van der Waals surface area contributed by atoms with Gasteiger partial charge in [-0.05, 0) is 36.8 Å². The third kappa shape index (κ3) is 6.96. The van der Waals surface area contributed by atoms with E-state index in [0.29, 0.717) is 18.1 Å². The number of rotatable bonds is 9. The largest absolute Gasteiger partial charge is 0.493 e. The van der Waals surface area contributed by atoms with E-state index in [4.69, 9.17) is 21.1 Å². The van der Waals surface area contributed by atoms with Crippen molar-refractivity contribution >= 4 is 23.2 Å². The van der Waals surface area contributed by atoms with E-state index >= 15 is 0 Å². The number of hydrogen-bond acceptors (Lipinski definition) is 3. The molecule has 0 radical (unpaired) electrons. The summed E-state index contributed by atoms with van der Waals surface area (Å²) in [6.45, 7) is 2.34. The molecule has 152 valence electrons. The molecule has 0 unspecified atom stereocenters. The highest BCUT2D eigenvalue weighted by Crippen LogP contribution is 2.36. The van der Waals surface area contributed by atoms with E-state index in [1.807, 2.05) is 0 Å². The quantitative estimate of drug-likeness (QED) is 0.515. The maximum atomic E-state index is 12.9. The van der Waals surface area contributed by atoms with Crippen LogP contribution in [0.15, 0.2) is 42.5 Å². The molecule has 0 atom stereocenters. The lowest BCUT2D eigenvalue weighted by Crippen LogP contribution is -2.20. The van der Waals surface area contributed by atoms with E-state index in [9.17, 15) is 18.0 Å². The SMILES string of the molecule is CCCCCOc1cccc(OCC(=O)Nc2ccc(Cl)c(C(F)(F)F)c2)c1. The van der Waals surface area contributed by atoms with Crippen molar-refractivity contribution in [1.29, 1.82) is 0 Å². The molecule has 28 heavy (non-hydrogen) atoms. The number of anilines is 1. The Morgan fingerprint density at radius 2 is 1.79 bits per heavy atom. The maximum Gasteiger partial charge on any atom is 0.417 e. The van der Waals surface area contributed by atoms with Crippen LogP contribution in [0.5, 0.6) is 11.5 Å². The minimum absolute atomic E-state index is 0.0154. The van der Waals surface area contributed by atoms with Crippen molar-refractivity contribution in [3.05, 3.63) is 53.1 Å². The summed E-state index contributed by atoms with van der Waals surface area (Å²) in [7, 11) is 0. The Morgan fingerprint density at radius 1 is 1.07 bits per heavy atom. The van der Waals surface area contributed by atoms with Gasteiger partial charge in [-0.3, -0.25) is 4.79 Å². The molecule has 2 aromatic carbocycles. The van der Waals surface area contributed by atoms with Crippen molar-refractivity contribution in [2.75, 3.05) is 18.5 Å². The van der Waals surface area contributed by atoms with Crippen LogP contribution in [0.2, 0.25) is 5.02 Å². The Morgan fingerprint density at radius 3 is 2.46 bits per heavy atom. The number of alkyl halides is 3. The number of unbranched alkanes of at least 4 members (excludes halogenated alkanes) is 2. The van der Waals surface area contributed by atoms with Crippen LogP contribution in [0, 0.1) is 0 Å². The van der Waals surface area contributed by atoms with Crippen molar-refractivity contribution in [1.82, 2.24) is 0 Å². The fraction of sp³-hybridized carbons (Fsp3) is 0.350. The highest BCUT2D eigenvalue weighted by Gasteiger charge is 2.33. The molecule has 0 saturated carbocycles. The van der Waals surface area contributed by atoms with Crippen LogP contribution in [0.1, 0.15) is 31.7 Å². The summed E-state index contributed by atoms with van der Waals surface area (Å²) in [5.41, 5.74) is -1.03. The lowest BCUT2D eigenvalue weighted by atomic mass is 10.2. The first-order valence-electron chi connectivity index (χ1n) is 8.82. The third-order valence-corrected chi connectivity index (χ3v) is 4.08. The monoisotopic (exact) mass is 415 g/mol. The number of ether oxygens (including phenoxy) is 2. The van der Waals surface area contributed by atoms with Gasteiger partial charge in [0.1, 0.15) is 11.5 Å². The van der Waals surface area contributed by atoms with Crippen LogP contribution in [0.4, 0.5) is 18.9 Å². The zero-order chi connectivity index (χ0) is 20.6. The summed E-state index contributed by atoms with van der Waals surface area (Å²) in [5.74, 6) is 0.460. The summed E-state index contributed by atoms with van der Waals surface area (Å²) in [4.78, 5) is 12.0. The normalized spacial score (nSPS) is 11.2. The molecule has 0 aromatic heterocycles. The number of hydrogen-bond donors (Lipinski definition) is 1. The van der Waals surface area contributed by atoms with Gasteiger partial charge in [-0.15, -0.1) is 0 Å². The zero-order valence-electron chi connectivity index (χ0n) is 15.3. The minimum Gasteiger partial charge on any atom is -0.493 e. The van der Waals surface area contributed by atoms with Crippen LogP contribution in [-0.2, 0) is 11.0 Å². The highest BCUT2D eigenvalue weighted by molar-refractivity contribution is 6.31. The molecule has 0 bridgehead atoms. The first-order valence-corrected chi connectivity index (χ1v) is 9.19. The molecule has 0 spiro atoms. The average molecular weight is 416 g/mol. The maximum absolute atomic E-state index is 12.9. The first kappa shape index (κ1) is 21.9. The standard InChI is InChI=1S/C20H21ClF3NO3/c1-2-3-4-10-27-15-6-5-7-16(12-15)28-13-19(26)25-14-8-9-18(21)17(11-14)20(22,23)24/h5-9,11-12H,2-4,10,13H2,1H3,(H,25,26). The smallest absolute Gasteiger partial charge is 0.417 e.